The molecular weight excluding hydrogens is 1000 g/mol. The SMILES string of the molecule is CCCCCCCCCCCCOC(=O)c1cc(NC(=O)C(Oc2ccc(N=Nc3c(SOOO)cc4cc(S(=O)(=O)O)cc(NC(C)=O)c4c3O)cc2)C(=O)C2(Cc3ccccc3)CC2)c(Cl)cc1Cl. The monoisotopic (exact) mass is 1050 g/mol. The van der Waals surface area contributed by atoms with Gasteiger partial charge in [0.1, 0.15) is 11.4 Å². The second kappa shape index (κ2) is 25.7. The number of benzene rings is 5. The molecule has 0 bridgehead atoms. The van der Waals surface area contributed by atoms with E-state index in [-0.39, 0.29) is 66.4 Å². The average molecular weight is 1050 g/mol. The van der Waals surface area contributed by atoms with Gasteiger partial charge in [0.15, 0.2) is 11.5 Å². The molecule has 5 N–H and O–H groups in total. The second-order valence-electron chi connectivity index (χ2n) is 17.1. The number of aromatic hydroxyl groups is 1. The van der Waals surface area contributed by atoms with E-state index in [0.717, 1.165) is 43.9 Å². The van der Waals surface area contributed by atoms with Crippen LogP contribution in [0.4, 0.5) is 22.7 Å². The number of halogens is 2. The van der Waals surface area contributed by atoms with Gasteiger partial charge < -0.3 is 25.2 Å². The molecule has 6 rings (SSSR count). The number of hydrogen-bond acceptors (Lipinski definition) is 15. The first-order valence-corrected chi connectivity index (χ1v) is 25.9. The van der Waals surface area contributed by atoms with Crippen LogP contribution in [0.3, 0.4) is 0 Å². The van der Waals surface area contributed by atoms with Gasteiger partial charge in [0.25, 0.3) is 16.0 Å². The van der Waals surface area contributed by atoms with E-state index in [9.17, 15) is 37.3 Å². The molecule has 17 nitrogen and oxygen atoms in total. The molecule has 0 saturated heterocycles. The number of nitrogens with one attached hydrogen (secondary N) is 2. The number of ketones is 1. The number of Topliss-reactive ketones (excluding diaryl/α,β-unsaturated/α-hetero) is 1. The van der Waals surface area contributed by atoms with Crippen molar-refractivity contribution in [2.45, 2.75) is 113 Å². The predicted octanol–water partition coefficient (Wildman–Crippen LogP) is 13.0. The molecule has 0 aliphatic heterocycles. The van der Waals surface area contributed by atoms with E-state index in [2.05, 4.69) is 37.2 Å². The standard InChI is InChI=1S/C50H54Cl2N4O13S2/c1-3-4-5-6-7-8-9-10-11-15-24-66-49(61)37-28-40(39(52)29-38(37)51)54-48(60)46(47(59)50(22-23-50)30-32-16-13-12-14-17-32)67-35-20-18-34(19-21-35)55-56-44-42(70-69-68-62)26-33-25-36(71(63,64)65)27-41(53-31(2)57)43(33)45(44)58/h12-14,16-21,25-29,46,58,62H,3-11,15,22-24,30H2,1-2H3,(H,53,57)(H,54,60)(H,63,64,65). The third kappa shape index (κ3) is 15.2. The fourth-order valence-electron chi connectivity index (χ4n) is 7.93. The molecule has 1 aliphatic carbocycles. The first-order valence-electron chi connectivity index (χ1n) is 23.0. The Bertz CT molecular complexity index is 2850. The highest BCUT2D eigenvalue weighted by Gasteiger charge is 2.54. The number of nitrogens with zero attached hydrogens (tertiary/aromatic N) is 2. The van der Waals surface area contributed by atoms with Crippen molar-refractivity contribution < 1.29 is 61.4 Å². The minimum absolute atomic E-state index is 0.00424. The maximum Gasteiger partial charge on any atom is 0.339 e. The molecule has 1 saturated carbocycles. The van der Waals surface area contributed by atoms with Crippen LogP contribution in [0.2, 0.25) is 10.0 Å². The molecule has 0 spiro atoms. The largest absolute Gasteiger partial charge is 0.505 e. The van der Waals surface area contributed by atoms with E-state index in [4.69, 9.17) is 37.9 Å². The number of ether oxygens (including phenoxy) is 2. The van der Waals surface area contributed by atoms with Crippen molar-refractivity contribution in [1.29, 1.82) is 0 Å². The Morgan fingerprint density at radius 3 is 2.10 bits per heavy atom. The number of rotatable bonds is 27. The molecule has 0 heterocycles. The molecule has 1 fully saturated rings. The van der Waals surface area contributed by atoms with E-state index < -0.39 is 55.8 Å². The molecule has 1 unspecified atom stereocenters. The molecule has 71 heavy (non-hydrogen) atoms. The average Bonchev–Trinajstić information content (AvgIpc) is 4.12. The van der Waals surface area contributed by atoms with Crippen LogP contribution in [0.15, 0.2) is 105 Å². The summed E-state index contributed by atoms with van der Waals surface area (Å²) < 4.78 is 50.1. The second-order valence-corrected chi connectivity index (χ2v) is 20.1. The molecular formula is C50H54Cl2N4O13S2. The summed E-state index contributed by atoms with van der Waals surface area (Å²) in [6.07, 6.45) is 10.9. The van der Waals surface area contributed by atoms with Gasteiger partial charge >= 0.3 is 5.97 Å². The summed E-state index contributed by atoms with van der Waals surface area (Å²) in [5.41, 5.74) is -0.301. The topological polar surface area (TPSA) is 249 Å². The highest BCUT2D eigenvalue weighted by atomic mass is 35.5. The zero-order chi connectivity index (χ0) is 51.1. The Morgan fingerprint density at radius 1 is 0.817 bits per heavy atom. The predicted molar refractivity (Wildman–Crippen MR) is 269 cm³/mol. The summed E-state index contributed by atoms with van der Waals surface area (Å²) >= 11 is 13.4. The first kappa shape index (κ1) is 54.7. The molecule has 0 aromatic heterocycles. The van der Waals surface area contributed by atoms with Crippen molar-refractivity contribution in [2.24, 2.45) is 15.6 Å². The number of azo groups is 1. The van der Waals surface area contributed by atoms with Crippen LogP contribution in [-0.4, -0.2) is 59.6 Å². The van der Waals surface area contributed by atoms with Gasteiger partial charge in [-0.1, -0.05) is 123 Å². The number of carbonyl (C=O) groups excluding carboxylic acids is 4. The quantitative estimate of drug-likeness (QED) is 0.00480. The van der Waals surface area contributed by atoms with E-state index in [1.807, 2.05) is 30.3 Å². The lowest BCUT2D eigenvalue weighted by Gasteiger charge is -2.23. The van der Waals surface area contributed by atoms with E-state index in [1.54, 1.807) is 0 Å². The maximum atomic E-state index is 14.5. The van der Waals surface area contributed by atoms with Gasteiger partial charge in [-0.2, -0.15) is 13.5 Å². The van der Waals surface area contributed by atoms with Crippen LogP contribution in [-0.2, 0) is 45.0 Å². The normalized spacial score (nSPS) is 13.5. The molecule has 1 atom stereocenters. The lowest BCUT2D eigenvalue weighted by Crippen LogP contribution is -2.44. The summed E-state index contributed by atoms with van der Waals surface area (Å²) in [4.78, 5) is 53.4. The highest BCUT2D eigenvalue weighted by molar-refractivity contribution is 7.94. The smallest absolute Gasteiger partial charge is 0.339 e. The zero-order valence-electron chi connectivity index (χ0n) is 39.0. The Balaban J connectivity index is 1.21. The summed E-state index contributed by atoms with van der Waals surface area (Å²) in [5.74, 6) is -3.18. The number of phenols is 1. The number of carbonyl (C=O) groups is 4. The number of esters is 1. The fraction of sp³-hybridized carbons (Fsp3) is 0.360. The van der Waals surface area contributed by atoms with E-state index in [1.165, 1.54) is 81.0 Å². The van der Waals surface area contributed by atoms with Crippen LogP contribution in [0.1, 0.15) is 107 Å². The fourth-order valence-corrected chi connectivity index (χ4v) is 9.47. The number of fused-ring (bicyclic) bond motifs is 1. The number of unbranched alkanes of at least 4 members (excludes halogenated alkanes) is 9. The van der Waals surface area contributed by atoms with Crippen LogP contribution in [0, 0.1) is 5.41 Å². The molecule has 2 amide bonds. The van der Waals surface area contributed by atoms with Crippen molar-refractivity contribution >= 4 is 102 Å². The zero-order valence-corrected chi connectivity index (χ0v) is 42.1. The van der Waals surface area contributed by atoms with E-state index in [0.29, 0.717) is 37.7 Å². The van der Waals surface area contributed by atoms with Crippen LogP contribution < -0.4 is 15.4 Å². The van der Waals surface area contributed by atoms with Crippen molar-refractivity contribution in [3.05, 3.63) is 106 Å². The Morgan fingerprint density at radius 2 is 1.48 bits per heavy atom. The van der Waals surface area contributed by atoms with Gasteiger partial charge in [0, 0.05) is 17.7 Å². The molecule has 21 heteroatoms. The summed E-state index contributed by atoms with van der Waals surface area (Å²) in [5, 5.41) is 37.5. The minimum Gasteiger partial charge on any atom is -0.505 e. The lowest BCUT2D eigenvalue weighted by atomic mass is 9.89. The summed E-state index contributed by atoms with van der Waals surface area (Å²) in [6, 6.07) is 21.0. The third-order valence-corrected chi connectivity index (χ3v) is 13.8. The third-order valence-electron chi connectivity index (χ3n) is 11.7. The van der Waals surface area contributed by atoms with Gasteiger partial charge in [-0.3, -0.25) is 18.9 Å². The molecule has 5 aromatic rings. The van der Waals surface area contributed by atoms with Gasteiger partial charge in [-0.25, -0.2) is 10.1 Å². The Hall–Kier alpha value is -5.64. The number of hydrogen-bond donors (Lipinski definition) is 5. The number of anilines is 2. The van der Waals surface area contributed by atoms with Gasteiger partial charge in [0.2, 0.25) is 12.0 Å². The summed E-state index contributed by atoms with van der Waals surface area (Å²) in [7, 11) is -4.77. The van der Waals surface area contributed by atoms with Gasteiger partial charge in [-0.15, -0.1) is 9.45 Å². The van der Waals surface area contributed by atoms with Crippen LogP contribution in [0.25, 0.3) is 10.8 Å². The molecule has 0 radical (unpaired) electrons. The van der Waals surface area contributed by atoms with Gasteiger partial charge in [-0.05, 0) is 91.2 Å². The number of amides is 2. The Kier molecular flexibility index (Phi) is 19.8. The van der Waals surface area contributed by atoms with Crippen molar-refractivity contribution in [2.75, 3.05) is 17.2 Å². The first-order chi connectivity index (χ1) is 34.0. The van der Waals surface area contributed by atoms with Crippen LogP contribution in [0.5, 0.6) is 11.5 Å². The van der Waals surface area contributed by atoms with Crippen LogP contribution >= 0.6 is 35.2 Å². The molecule has 1 aliphatic rings. The summed E-state index contributed by atoms with van der Waals surface area (Å²) in [6.45, 7) is 3.54. The van der Waals surface area contributed by atoms with E-state index >= 15 is 0 Å². The Labute approximate surface area is 425 Å². The highest BCUT2D eigenvalue weighted by Crippen LogP contribution is 2.51. The van der Waals surface area contributed by atoms with Crippen molar-refractivity contribution in [1.82, 2.24) is 0 Å². The lowest BCUT2D eigenvalue weighted by molar-refractivity contribution is -0.432. The van der Waals surface area contributed by atoms with Crippen molar-refractivity contribution in [3.63, 3.8) is 0 Å². The minimum atomic E-state index is -4.77. The van der Waals surface area contributed by atoms with Gasteiger partial charge in [0.05, 0.1) is 61.1 Å². The number of phenolic OH excluding ortho intramolecular Hbond substituents is 1. The molecule has 378 valence electrons. The van der Waals surface area contributed by atoms with Crippen molar-refractivity contribution in [3.8, 4) is 11.5 Å². The maximum absolute atomic E-state index is 14.5. The molecule has 5 aromatic carbocycles.